The summed E-state index contributed by atoms with van der Waals surface area (Å²) in [7, 11) is 1.79. The van der Waals surface area contributed by atoms with Gasteiger partial charge in [-0.05, 0) is 19.2 Å². The molecule has 19 heavy (non-hydrogen) atoms. The molecule has 0 saturated carbocycles. The molecule has 5 heteroatoms. The van der Waals surface area contributed by atoms with Crippen molar-refractivity contribution in [3.63, 3.8) is 0 Å². The van der Waals surface area contributed by atoms with Crippen LogP contribution in [-0.2, 0) is 4.79 Å². The van der Waals surface area contributed by atoms with Gasteiger partial charge in [-0.3, -0.25) is 9.69 Å². The van der Waals surface area contributed by atoms with Crippen molar-refractivity contribution in [2.45, 2.75) is 6.92 Å². The van der Waals surface area contributed by atoms with Crippen LogP contribution >= 0.6 is 0 Å². The molecule has 1 rings (SSSR count). The van der Waals surface area contributed by atoms with Crippen LogP contribution in [0.5, 0.6) is 0 Å². The number of hydrogen-bond acceptors (Lipinski definition) is 4. The highest BCUT2D eigenvalue weighted by Gasteiger charge is 2.25. The maximum absolute atomic E-state index is 11.8. The summed E-state index contributed by atoms with van der Waals surface area (Å²) < 4.78 is 0. The van der Waals surface area contributed by atoms with E-state index in [1.807, 2.05) is 30.3 Å². The minimum Gasteiger partial charge on any atom is -0.396 e. The monoisotopic (exact) mass is 266 g/mol. The molecule has 0 atom stereocenters. The van der Waals surface area contributed by atoms with Gasteiger partial charge in [0.15, 0.2) is 0 Å². The zero-order valence-electron chi connectivity index (χ0n) is 11.5. The highest BCUT2D eigenvalue weighted by molar-refractivity contribution is 5.92. The summed E-state index contributed by atoms with van der Waals surface area (Å²) >= 11 is 0. The lowest BCUT2D eigenvalue weighted by Gasteiger charge is -2.29. The smallest absolute Gasteiger partial charge is 0.238 e. The SMILES string of the molecule is CN(CC(=O)Nc1ccccc1)CC(C)(CO)CO. The number of anilines is 1. The number of nitrogens with one attached hydrogen (secondary N) is 1. The van der Waals surface area contributed by atoms with Crippen molar-refractivity contribution in [1.29, 1.82) is 0 Å². The van der Waals surface area contributed by atoms with Gasteiger partial charge >= 0.3 is 0 Å². The van der Waals surface area contributed by atoms with E-state index in [0.717, 1.165) is 5.69 Å². The van der Waals surface area contributed by atoms with Crippen LogP contribution in [0.2, 0.25) is 0 Å². The Balaban J connectivity index is 2.44. The summed E-state index contributed by atoms with van der Waals surface area (Å²) in [6.07, 6.45) is 0. The number of benzene rings is 1. The van der Waals surface area contributed by atoms with Crippen LogP contribution in [0.25, 0.3) is 0 Å². The van der Waals surface area contributed by atoms with E-state index >= 15 is 0 Å². The fourth-order valence-electron chi connectivity index (χ4n) is 1.82. The molecule has 0 aliphatic heterocycles. The van der Waals surface area contributed by atoms with Gasteiger partial charge in [-0.15, -0.1) is 0 Å². The number of aliphatic hydroxyl groups is 2. The summed E-state index contributed by atoms with van der Waals surface area (Å²) in [5, 5.41) is 21.2. The first-order valence-corrected chi connectivity index (χ1v) is 6.24. The van der Waals surface area contributed by atoms with Gasteiger partial charge in [0.2, 0.25) is 5.91 Å². The zero-order chi connectivity index (χ0) is 14.3. The Bertz CT molecular complexity index is 391. The standard InChI is InChI=1S/C14H22N2O3/c1-14(10-17,11-18)9-16(2)8-13(19)15-12-6-4-3-5-7-12/h3-7,17-18H,8-11H2,1-2H3,(H,15,19). The van der Waals surface area contributed by atoms with E-state index in [1.165, 1.54) is 0 Å². The van der Waals surface area contributed by atoms with E-state index < -0.39 is 5.41 Å². The largest absolute Gasteiger partial charge is 0.396 e. The van der Waals surface area contributed by atoms with E-state index in [9.17, 15) is 15.0 Å². The molecule has 0 spiro atoms. The van der Waals surface area contributed by atoms with Crippen LogP contribution in [0, 0.1) is 5.41 Å². The van der Waals surface area contributed by atoms with Crippen LogP contribution in [0.1, 0.15) is 6.92 Å². The number of aliphatic hydroxyl groups excluding tert-OH is 2. The predicted octanol–water partition coefficient (Wildman–Crippen LogP) is 0.548. The average molecular weight is 266 g/mol. The summed E-state index contributed by atoms with van der Waals surface area (Å²) in [5.41, 5.74) is 0.162. The molecule has 106 valence electrons. The van der Waals surface area contributed by atoms with Crippen molar-refractivity contribution in [1.82, 2.24) is 4.90 Å². The highest BCUT2D eigenvalue weighted by Crippen LogP contribution is 2.15. The minimum absolute atomic E-state index is 0.117. The van der Waals surface area contributed by atoms with Crippen molar-refractivity contribution >= 4 is 11.6 Å². The summed E-state index contributed by atoms with van der Waals surface area (Å²) in [6.45, 7) is 2.20. The molecule has 1 aromatic carbocycles. The molecule has 0 heterocycles. The van der Waals surface area contributed by atoms with E-state index in [0.29, 0.717) is 6.54 Å². The van der Waals surface area contributed by atoms with Crippen molar-refractivity contribution in [2.75, 3.05) is 38.7 Å². The molecule has 0 radical (unpaired) electrons. The second kappa shape index (κ2) is 7.23. The third-order valence-corrected chi connectivity index (χ3v) is 2.89. The van der Waals surface area contributed by atoms with Crippen molar-refractivity contribution in [3.05, 3.63) is 30.3 Å². The lowest BCUT2D eigenvalue weighted by Crippen LogP contribution is -2.41. The summed E-state index contributed by atoms with van der Waals surface area (Å²) in [5.74, 6) is -0.119. The normalized spacial score (nSPS) is 11.6. The van der Waals surface area contributed by atoms with Crippen LogP contribution < -0.4 is 5.32 Å². The summed E-state index contributed by atoms with van der Waals surface area (Å²) in [6, 6.07) is 9.24. The molecule has 5 nitrogen and oxygen atoms in total. The lowest BCUT2D eigenvalue weighted by molar-refractivity contribution is -0.117. The van der Waals surface area contributed by atoms with Crippen molar-refractivity contribution in [3.8, 4) is 0 Å². The number of carbonyl (C=O) groups is 1. The molecule has 0 unspecified atom stereocenters. The first-order chi connectivity index (χ1) is 8.99. The van der Waals surface area contributed by atoms with E-state index in [1.54, 1.807) is 18.9 Å². The molecule has 1 amide bonds. The molecule has 3 N–H and O–H groups in total. The average Bonchev–Trinajstić information content (AvgIpc) is 2.39. The van der Waals surface area contributed by atoms with Gasteiger partial charge in [-0.25, -0.2) is 0 Å². The van der Waals surface area contributed by atoms with E-state index in [4.69, 9.17) is 0 Å². The zero-order valence-corrected chi connectivity index (χ0v) is 11.5. The van der Waals surface area contributed by atoms with Crippen LogP contribution in [0.3, 0.4) is 0 Å². The third-order valence-electron chi connectivity index (χ3n) is 2.89. The van der Waals surface area contributed by atoms with Crippen LogP contribution in [0.4, 0.5) is 5.69 Å². The van der Waals surface area contributed by atoms with Gasteiger partial charge in [0.05, 0.1) is 19.8 Å². The van der Waals surface area contributed by atoms with Crippen LogP contribution in [-0.4, -0.2) is 54.4 Å². The number of nitrogens with zero attached hydrogens (tertiary/aromatic N) is 1. The molecular weight excluding hydrogens is 244 g/mol. The third kappa shape index (κ3) is 5.38. The molecular formula is C14H22N2O3. The second-order valence-corrected chi connectivity index (χ2v) is 5.21. The van der Waals surface area contributed by atoms with Gasteiger partial charge in [-0.1, -0.05) is 25.1 Å². The fourth-order valence-corrected chi connectivity index (χ4v) is 1.82. The Morgan fingerprint density at radius 3 is 2.37 bits per heavy atom. The maximum Gasteiger partial charge on any atom is 0.238 e. The van der Waals surface area contributed by atoms with Gasteiger partial charge in [-0.2, -0.15) is 0 Å². The molecule has 0 fully saturated rings. The molecule has 0 aromatic heterocycles. The number of rotatable bonds is 7. The first kappa shape index (κ1) is 15.6. The number of likely N-dealkylation sites (N-methyl/N-ethyl adjacent to an activating group) is 1. The Kier molecular flexibility index (Phi) is 5.95. The molecule has 1 aromatic rings. The number of carbonyl (C=O) groups excluding carboxylic acids is 1. The van der Waals surface area contributed by atoms with Gasteiger partial charge in [0.1, 0.15) is 0 Å². The van der Waals surface area contributed by atoms with E-state index in [2.05, 4.69) is 5.32 Å². The Hall–Kier alpha value is -1.43. The minimum atomic E-state index is -0.595. The maximum atomic E-state index is 11.8. The fraction of sp³-hybridized carbons (Fsp3) is 0.500. The molecule has 0 saturated heterocycles. The predicted molar refractivity (Wildman–Crippen MR) is 74.8 cm³/mol. The molecule has 0 aliphatic rings. The van der Waals surface area contributed by atoms with Gasteiger partial charge in [0, 0.05) is 17.6 Å². The van der Waals surface area contributed by atoms with E-state index in [-0.39, 0.29) is 25.7 Å². The first-order valence-electron chi connectivity index (χ1n) is 6.24. The number of amides is 1. The second-order valence-electron chi connectivity index (χ2n) is 5.21. The topological polar surface area (TPSA) is 72.8 Å². The molecule has 0 aliphatic carbocycles. The molecule has 0 bridgehead atoms. The summed E-state index contributed by atoms with van der Waals surface area (Å²) in [4.78, 5) is 13.6. The van der Waals surface area contributed by atoms with Crippen molar-refractivity contribution < 1.29 is 15.0 Å². The number of hydrogen-bond donors (Lipinski definition) is 3. The highest BCUT2D eigenvalue weighted by atomic mass is 16.3. The van der Waals surface area contributed by atoms with Crippen LogP contribution in [0.15, 0.2) is 30.3 Å². The Morgan fingerprint density at radius 2 is 1.84 bits per heavy atom. The van der Waals surface area contributed by atoms with Gasteiger partial charge < -0.3 is 15.5 Å². The number of para-hydroxylation sites is 1. The van der Waals surface area contributed by atoms with Crippen molar-refractivity contribution in [2.24, 2.45) is 5.41 Å². The lowest BCUT2D eigenvalue weighted by atomic mass is 9.92. The van der Waals surface area contributed by atoms with Gasteiger partial charge in [0.25, 0.3) is 0 Å². The Morgan fingerprint density at radius 1 is 1.26 bits per heavy atom. The Labute approximate surface area is 113 Å². The quantitative estimate of drug-likeness (QED) is 0.674.